The number of phenolic OH excluding ortho intramolecular Hbond substituents is 1. The standard InChI is InChI=1S/C20H27NO4/c1-3-4-5-6-7-8-12-21-18(15-10-9-11-16(23)13-15)17(14(2)22)19(24)20(21)25/h9-11,13,18,23-24H,3-8,12H2,1-2H3/t18-/m1/s1. The van der Waals surface area contributed by atoms with Gasteiger partial charge < -0.3 is 15.1 Å². The van der Waals surface area contributed by atoms with Gasteiger partial charge in [-0.25, -0.2) is 0 Å². The van der Waals surface area contributed by atoms with Crippen LogP contribution in [0.15, 0.2) is 35.6 Å². The number of amides is 1. The fraction of sp³-hybridized carbons (Fsp3) is 0.500. The SMILES string of the molecule is CCCCCCCCN1C(=O)C(O)=C(C(C)=O)[C@H]1c1cccc(O)c1. The summed E-state index contributed by atoms with van der Waals surface area (Å²) in [4.78, 5) is 26.0. The molecule has 1 aromatic rings. The fourth-order valence-electron chi connectivity index (χ4n) is 3.35. The van der Waals surface area contributed by atoms with Crippen molar-refractivity contribution in [2.45, 2.75) is 58.4 Å². The Bertz CT molecular complexity index is 665. The summed E-state index contributed by atoms with van der Waals surface area (Å²) in [5.41, 5.74) is 0.746. The van der Waals surface area contributed by atoms with E-state index in [0.29, 0.717) is 12.1 Å². The number of benzene rings is 1. The molecule has 25 heavy (non-hydrogen) atoms. The predicted molar refractivity (Wildman–Crippen MR) is 96.3 cm³/mol. The van der Waals surface area contributed by atoms with Crippen LogP contribution in [0.1, 0.15) is 64.0 Å². The highest BCUT2D eigenvalue weighted by Gasteiger charge is 2.41. The van der Waals surface area contributed by atoms with Crippen LogP contribution in [0.2, 0.25) is 0 Å². The molecular formula is C20H27NO4. The summed E-state index contributed by atoms with van der Waals surface area (Å²) in [5, 5.41) is 19.9. The molecule has 2 N–H and O–H groups in total. The van der Waals surface area contributed by atoms with E-state index in [1.165, 1.54) is 38.3 Å². The molecule has 0 radical (unpaired) electrons. The Morgan fingerprint density at radius 2 is 1.80 bits per heavy atom. The molecule has 1 amide bonds. The molecule has 0 unspecified atom stereocenters. The third-order valence-corrected chi connectivity index (χ3v) is 4.62. The topological polar surface area (TPSA) is 77.8 Å². The van der Waals surface area contributed by atoms with Gasteiger partial charge in [0, 0.05) is 6.54 Å². The molecule has 2 rings (SSSR count). The van der Waals surface area contributed by atoms with Crippen LogP contribution in [0.25, 0.3) is 0 Å². The number of aromatic hydroxyl groups is 1. The lowest BCUT2D eigenvalue weighted by Gasteiger charge is -2.26. The Morgan fingerprint density at radius 3 is 2.44 bits per heavy atom. The quantitative estimate of drug-likeness (QED) is 0.662. The molecule has 1 aliphatic heterocycles. The molecule has 0 aliphatic carbocycles. The van der Waals surface area contributed by atoms with Gasteiger partial charge in [-0.05, 0) is 31.0 Å². The molecule has 136 valence electrons. The maximum Gasteiger partial charge on any atom is 0.290 e. The van der Waals surface area contributed by atoms with Crippen molar-refractivity contribution in [1.82, 2.24) is 4.90 Å². The summed E-state index contributed by atoms with van der Waals surface area (Å²) in [7, 11) is 0. The number of carbonyl (C=O) groups excluding carboxylic acids is 2. The number of hydrogen-bond donors (Lipinski definition) is 2. The number of aliphatic hydroxyl groups is 1. The first-order valence-electron chi connectivity index (χ1n) is 9.01. The average molecular weight is 345 g/mol. The third-order valence-electron chi connectivity index (χ3n) is 4.62. The Kier molecular flexibility index (Phi) is 6.62. The molecule has 5 nitrogen and oxygen atoms in total. The van der Waals surface area contributed by atoms with Crippen molar-refractivity contribution < 1.29 is 19.8 Å². The van der Waals surface area contributed by atoms with Crippen molar-refractivity contribution >= 4 is 11.7 Å². The molecule has 0 spiro atoms. The van der Waals surface area contributed by atoms with Crippen molar-refractivity contribution in [3.8, 4) is 5.75 Å². The normalized spacial score (nSPS) is 17.4. The van der Waals surface area contributed by atoms with E-state index >= 15 is 0 Å². The highest BCUT2D eigenvalue weighted by Crippen LogP contribution is 2.38. The van der Waals surface area contributed by atoms with E-state index in [-0.39, 0.29) is 17.1 Å². The number of Topliss-reactive ketones (excluding diaryl/α,β-unsaturated/α-hetero) is 1. The number of carbonyl (C=O) groups is 2. The molecule has 0 aromatic heterocycles. The van der Waals surface area contributed by atoms with Gasteiger partial charge in [-0.1, -0.05) is 51.2 Å². The summed E-state index contributed by atoms with van der Waals surface area (Å²) in [6.07, 6.45) is 6.53. The molecule has 1 atom stereocenters. The molecule has 0 saturated heterocycles. The van der Waals surface area contributed by atoms with Gasteiger partial charge in [0.1, 0.15) is 5.75 Å². The summed E-state index contributed by atoms with van der Waals surface area (Å²) in [5.74, 6) is -1.23. The molecule has 1 aliphatic rings. The number of ketones is 1. The van der Waals surface area contributed by atoms with Crippen molar-refractivity contribution in [1.29, 1.82) is 0 Å². The Balaban J connectivity index is 2.16. The first-order valence-corrected chi connectivity index (χ1v) is 9.01. The average Bonchev–Trinajstić information content (AvgIpc) is 2.83. The highest BCUT2D eigenvalue weighted by molar-refractivity contribution is 6.08. The van der Waals surface area contributed by atoms with E-state index in [9.17, 15) is 19.8 Å². The van der Waals surface area contributed by atoms with Gasteiger partial charge in [0.25, 0.3) is 5.91 Å². The zero-order chi connectivity index (χ0) is 18.4. The van der Waals surface area contributed by atoms with Crippen LogP contribution in [-0.2, 0) is 9.59 Å². The zero-order valence-corrected chi connectivity index (χ0v) is 15.0. The van der Waals surface area contributed by atoms with E-state index in [1.807, 2.05) is 0 Å². The van der Waals surface area contributed by atoms with Gasteiger partial charge in [0.15, 0.2) is 11.5 Å². The fourth-order valence-corrected chi connectivity index (χ4v) is 3.35. The molecule has 1 aromatic carbocycles. The Morgan fingerprint density at radius 1 is 1.12 bits per heavy atom. The second-order valence-electron chi connectivity index (χ2n) is 6.58. The van der Waals surface area contributed by atoms with Gasteiger partial charge >= 0.3 is 0 Å². The van der Waals surface area contributed by atoms with E-state index < -0.39 is 17.7 Å². The van der Waals surface area contributed by atoms with E-state index in [1.54, 1.807) is 17.0 Å². The van der Waals surface area contributed by atoms with Crippen LogP contribution in [0.3, 0.4) is 0 Å². The first-order chi connectivity index (χ1) is 12.0. The minimum atomic E-state index is -0.632. The number of rotatable bonds is 9. The summed E-state index contributed by atoms with van der Waals surface area (Å²) in [6, 6.07) is 5.87. The largest absolute Gasteiger partial charge is 0.508 e. The first kappa shape index (κ1) is 19.0. The molecule has 0 fully saturated rings. The molecule has 1 heterocycles. The van der Waals surface area contributed by atoms with Crippen LogP contribution < -0.4 is 0 Å². The van der Waals surface area contributed by atoms with Crippen molar-refractivity contribution in [2.75, 3.05) is 6.54 Å². The van der Waals surface area contributed by atoms with E-state index in [0.717, 1.165) is 19.3 Å². The maximum absolute atomic E-state index is 12.5. The van der Waals surface area contributed by atoms with Crippen molar-refractivity contribution in [2.24, 2.45) is 0 Å². The minimum absolute atomic E-state index is 0.0683. The smallest absolute Gasteiger partial charge is 0.290 e. The second-order valence-corrected chi connectivity index (χ2v) is 6.58. The zero-order valence-electron chi connectivity index (χ0n) is 15.0. The number of aliphatic hydroxyl groups excluding tert-OH is 1. The lowest BCUT2D eigenvalue weighted by Crippen LogP contribution is -2.32. The summed E-state index contributed by atoms with van der Waals surface area (Å²) >= 11 is 0. The van der Waals surface area contributed by atoms with Crippen LogP contribution in [-0.4, -0.2) is 33.3 Å². The van der Waals surface area contributed by atoms with Gasteiger partial charge in [-0.2, -0.15) is 0 Å². The van der Waals surface area contributed by atoms with Crippen LogP contribution in [0.4, 0.5) is 0 Å². The monoisotopic (exact) mass is 345 g/mol. The van der Waals surface area contributed by atoms with Crippen LogP contribution in [0.5, 0.6) is 5.75 Å². The highest BCUT2D eigenvalue weighted by atomic mass is 16.3. The van der Waals surface area contributed by atoms with Crippen LogP contribution >= 0.6 is 0 Å². The number of nitrogens with zero attached hydrogens (tertiary/aromatic N) is 1. The predicted octanol–water partition coefficient (Wildman–Crippen LogP) is 4.04. The number of unbranched alkanes of at least 4 members (excludes halogenated alkanes) is 5. The molecule has 5 heteroatoms. The van der Waals surface area contributed by atoms with Gasteiger partial charge in [-0.3, -0.25) is 9.59 Å². The van der Waals surface area contributed by atoms with Gasteiger partial charge in [0.05, 0.1) is 11.6 Å². The van der Waals surface area contributed by atoms with Gasteiger partial charge in [0.2, 0.25) is 0 Å². The third kappa shape index (κ3) is 4.41. The van der Waals surface area contributed by atoms with Crippen molar-refractivity contribution in [3.63, 3.8) is 0 Å². The van der Waals surface area contributed by atoms with E-state index in [4.69, 9.17) is 0 Å². The maximum atomic E-state index is 12.5. The summed E-state index contributed by atoms with van der Waals surface area (Å²) in [6.45, 7) is 4.00. The Hall–Kier alpha value is -2.30. The lowest BCUT2D eigenvalue weighted by atomic mass is 9.96. The minimum Gasteiger partial charge on any atom is -0.508 e. The molecule has 0 saturated carbocycles. The van der Waals surface area contributed by atoms with Crippen LogP contribution in [0, 0.1) is 0 Å². The summed E-state index contributed by atoms with van der Waals surface area (Å²) < 4.78 is 0. The number of hydrogen-bond acceptors (Lipinski definition) is 4. The molecular weight excluding hydrogens is 318 g/mol. The van der Waals surface area contributed by atoms with Gasteiger partial charge in [-0.15, -0.1) is 0 Å². The van der Waals surface area contributed by atoms with E-state index in [2.05, 4.69) is 6.92 Å². The lowest BCUT2D eigenvalue weighted by molar-refractivity contribution is -0.129. The number of phenols is 1. The molecule has 0 bridgehead atoms. The second kappa shape index (κ2) is 8.70. The van der Waals surface area contributed by atoms with Crippen molar-refractivity contribution in [3.05, 3.63) is 41.2 Å². The Labute approximate surface area is 149 Å².